The standard InChI is InChI=1S/C62H114N4O21.C4H10/c1-42-53(75)56(78)46(39-67)85-59(42)82-36-19-10-5-6-14-23-45(70)26-29-62(66-52(74)25-22-24-49(71)63-32-15-7-11-18-35-81-4,30-27-50(72)64-33-16-8-12-20-37-83-60-43(2)54(76)57(79)47(40-68)86-60)31-28-51(73)65-34-17-9-13-21-38-84-61-44(3)55(77)58(80)48(41-69)87-61;1-4(2)3/h42-44,46-48,53-61,67-69,75-80H,5-41H2,1-4H3,(H,63,71)(H,64,72)(H,65,73)(H,66,74);4H,1-3H3/t42?,43?,44?,46?,47?,48?,53-,54-,55-,56+,57+,58+,59-,60-,61-,62?;/m1./s1. The Morgan fingerprint density at radius 1 is 0.396 bits per heavy atom. The zero-order valence-corrected chi connectivity index (χ0v) is 56.3. The number of amides is 4. The second kappa shape index (κ2) is 49.4. The molecule has 13 N–H and O–H groups in total. The van der Waals surface area contributed by atoms with Gasteiger partial charge >= 0.3 is 0 Å². The molecule has 0 aromatic rings. The van der Waals surface area contributed by atoms with E-state index in [1.807, 2.05) is 0 Å². The molecule has 0 spiro atoms. The van der Waals surface area contributed by atoms with Gasteiger partial charge in [-0.25, -0.2) is 0 Å². The molecule has 3 rings (SSSR count). The lowest BCUT2D eigenvalue weighted by atomic mass is 9.82. The van der Waals surface area contributed by atoms with Crippen LogP contribution in [0.1, 0.15) is 215 Å². The van der Waals surface area contributed by atoms with Gasteiger partial charge in [-0.1, -0.05) is 99.3 Å². The Morgan fingerprint density at radius 2 is 0.703 bits per heavy atom. The summed E-state index contributed by atoms with van der Waals surface area (Å²) >= 11 is 0. The third-order valence-electron chi connectivity index (χ3n) is 17.1. The van der Waals surface area contributed by atoms with Crippen molar-refractivity contribution in [3.05, 3.63) is 0 Å². The monoisotopic (exact) mass is 1310 g/mol. The largest absolute Gasteiger partial charge is 0.394 e. The van der Waals surface area contributed by atoms with E-state index >= 15 is 0 Å². The van der Waals surface area contributed by atoms with Gasteiger partial charge < -0.3 is 100 Å². The highest BCUT2D eigenvalue weighted by molar-refractivity contribution is 5.81. The number of nitrogens with one attached hydrogen (secondary N) is 4. The Labute approximate surface area is 542 Å². The first kappa shape index (κ1) is 84.0. The molecule has 0 bridgehead atoms. The summed E-state index contributed by atoms with van der Waals surface area (Å²) in [5.74, 6) is -1.66. The van der Waals surface area contributed by atoms with Crippen LogP contribution in [0.4, 0.5) is 0 Å². The molecule has 0 aliphatic carbocycles. The quantitative estimate of drug-likeness (QED) is 0.0384. The number of aliphatic hydroxyl groups excluding tert-OH is 9. The minimum absolute atomic E-state index is 0.00680. The van der Waals surface area contributed by atoms with Crippen LogP contribution in [-0.4, -0.2) is 228 Å². The van der Waals surface area contributed by atoms with Crippen LogP contribution in [0, 0.1) is 23.7 Å². The van der Waals surface area contributed by atoms with Crippen LogP contribution < -0.4 is 21.3 Å². The van der Waals surface area contributed by atoms with Crippen molar-refractivity contribution in [2.75, 3.05) is 73.0 Å². The van der Waals surface area contributed by atoms with Crippen molar-refractivity contribution >= 4 is 29.4 Å². The summed E-state index contributed by atoms with van der Waals surface area (Å²) in [7, 11) is 1.67. The van der Waals surface area contributed by atoms with E-state index < -0.39 is 117 Å². The summed E-state index contributed by atoms with van der Waals surface area (Å²) in [5, 5.41) is 102. The molecule has 15 atom stereocenters. The highest BCUT2D eigenvalue weighted by Crippen LogP contribution is 2.31. The van der Waals surface area contributed by atoms with Gasteiger partial charge in [0.2, 0.25) is 23.6 Å². The first-order valence-corrected chi connectivity index (χ1v) is 34.4. The summed E-state index contributed by atoms with van der Waals surface area (Å²) < 4.78 is 39.6. The molecule has 3 aliphatic heterocycles. The minimum Gasteiger partial charge on any atom is -0.394 e. The van der Waals surface area contributed by atoms with Crippen LogP contribution in [0.15, 0.2) is 0 Å². The van der Waals surface area contributed by atoms with Crippen LogP contribution in [0.25, 0.3) is 0 Å². The maximum Gasteiger partial charge on any atom is 0.220 e. The van der Waals surface area contributed by atoms with Crippen molar-refractivity contribution in [3.8, 4) is 0 Å². The van der Waals surface area contributed by atoms with Gasteiger partial charge in [0.25, 0.3) is 0 Å². The molecule has 3 heterocycles. The molecule has 3 fully saturated rings. The molecule has 4 amide bonds. The SMILES string of the molecule is CC(C)C.COCCCCCCNC(=O)CCCC(=O)NC(CCC(=O)CCCCCCCO[C@@H]1OC(CO)[C@H](O)[C@H](O)C1C)(CCC(=O)NCCCCCCO[C@@H]1OC(CO)[C@H](O)[C@H](O)C1C)CCC(=O)NCCCCCCO[C@@H]1OC(CO)[C@H](O)[C@H](O)C1C. The number of aliphatic hydroxyl groups is 9. The minimum atomic E-state index is -1.21. The lowest BCUT2D eigenvalue weighted by molar-refractivity contribution is -0.282. The van der Waals surface area contributed by atoms with Crippen molar-refractivity contribution in [2.24, 2.45) is 23.7 Å². The fourth-order valence-corrected chi connectivity index (χ4v) is 11.2. The Morgan fingerprint density at radius 3 is 1.07 bits per heavy atom. The summed E-state index contributed by atoms with van der Waals surface area (Å²) in [5.41, 5.74) is -1.12. The average Bonchev–Trinajstić information content (AvgIpc) is 1.05. The van der Waals surface area contributed by atoms with Crippen LogP contribution in [-0.2, 0) is 57.1 Å². The number of unbranched alkanes of at least 4 members (excludes halogenated alkanes) is 13. The van der Waals surface area contributed by atoms with Crippen LogP contribution in [0.2, 0.25) is 0 Å². The molecule has 0 aromatic heterocycles. The average molecular weight is 1310 g/mol. The zero-order valence-electron chi connectivity index (χ0n) is 56.3. The Hall–Kier alpha value is -3.09. The van der Waals surface area contributed by atoms with Gasteiger partial charge in [-0.05, 0) is 83.0 Å². The van der Waals surface area contributed by atoms with E-state index in [1.165, 1.54) is 0 Å². The maximum absolute atomic E-state index is 13.9. The third-order valence-corrected chi connectivity index (χ3v) is 17.1. The van der Waals surface area contributed by atoms with Gasteiger partial charge in [0.15, 0.2) is 18.9 Å². The lowest BCUT2D eigenvalue weighted by Crippen LogP contribution is -2.55. The van der Waals surface area contributed by atoms with Crippen molar-refractivity contribution < 1.29 is 103 Å². The normalized spacial score (nSPS) is 27.3. The molecule has 3 saturated heterocycles. The smallest absolute Gasteiger partial charge is 0.220 e. The van der Waals surface area contributed by atoms with E-state index in [2.05, 4.69) is 42.0 Å². The van der Waals surface area contributed by atoms with E-state index in [1.54, 1.807) is 27.9 Å². The topological polar surface area (TPSA) is 380 Å². The number of ketones is 1. The first-order valence-electron chi connectivity index (χ1n) is 34.4. The number of hydrogen-bond donors (Lipinski definition) is 13. The van der Waals surface area contributed by atoms with Gasteiger partial charge in [0.05, 0.1) is 38.1 Å². The first-order chi connectivity index (χ1) is 43.5. The molecule has 6 unspecified atom stereocenters. The second-order valence-electron chi connectivity index (χ2n) is 26.1. The summed E-state index contributed by atoms with van der Waals surface area (Å²) in [6.07, 6.45) is 2.61. The molecule has 25 nitrogen and oxygen atoms in total. The van der Waals surface area contributed by atoms with E-state index in [4.69, 9.17) is 33.2 Å². The van der Waals surface area contributed by atoms with Crippen molar-refractivity contribution in [3.63, 3.8) is 0 Å². The number of methoxy groups -OCH3 is 1. The Kier molecular flexibility index (Phi) is 45.6. The summed E-state index contributed by atoms with van der Waals surface area (Å²) in [4.78, 5) is 67.4. The van der Waals surface area contributed by atoms with Crippen LogP contribution in [0.5, 0.6) is 0 Å². The molecular weight excluding hydrogens is 1180 g/mol. The molecule has 0 saturated carbocycles. The van der Waals surface area contributed by atoms with E-state index in [-0.39, 0.29) is 87.2 Å². The van der Waals surface area contributed by atoms with E-state index in [0.29, 0.717) is 91.0 Å². The molecule has 0 aromatic carbocycles. The number of hydrogen-bond acceptors (Lipinski definition) is 21. The lowest BCUT2D eigenvalue weighted by Gasteiger charge is -2.40. The van der Waals surface area contributed by atoms with Crippen molar-refractivity contribution in [1.82, 2.24) is 21.3 Å². The molecule has 534 valence electrons. The predicted octanol–water partition coefficient (Wildman–Crippen LogP) is 3.88. The summed E-state index contributed by atoms with van der Waals surface area (Å²) in [6, 6.07) is 0. The number of rotatable bonds is 49. The molecule has 0 radical (unpaired) electrons. The van der Waals surface area contributed by atoms with Crippen LogP contribution in [0.3, 0.4) is 0 Å². The maximum atomic E-state index is 13.9. The van der Waals surface area contributed by atoms with Gasteiger partial charge in [0.1, 0.15) is 42.4 Å². The van der Waals surface area contributed by atoms with Gasteiger partial charge in [0, 0.05) is 115 Å². The van der Waals surface area contributed by atoms with Crippen molar-refractivity contribution in [2.45, 2.75) is 294 Å². The Balaban J connectivity index is 0.00000683. The van der Waals surface area contributed by atoms with Gasteiger partial charge in [-0.15, -0.1) is 0 Å². The molecular formula is C66H124N4O21. The predicted molar refractivity (Wildman–Crippen MR) is 341 cm³/mol. The van der Waals surface area contributed by atoms with Gasteiger partial charge in [-0.3, -0.25) is 24.0 Å². The fourth-order valence-electron chi connectivity index (χ4n) is 11.2. The van der Waals surface area contributed by atoms with Gasteiger partial charge in [-0.2, -0.15) is 0 Å². The molecule has 3 aliphatic rings. The number of Topliss-reactive ketones (excluding diaryl/α,β-unsaturated/α-hetero) is 1. The van der Waals surface area contributed by atoms with E-state index in [9.17, 15) is 69.9 Å². The summed E-state index contributed by atoms with van der Waals surface area (Å²) in [6.45, 7) is 13.3. The van der Waals surface area contributed by atoms with Crippen molar-refractivity contribution in [1.29, 1.82) is 0 Å². The Bertz CT molecular complexity index is 1760. The number of carbonyl (C=O) groups is 5. The zero-order chi connectivity index (χ0) is 67.6. The number of ether oxygens (including phenoxy) is 7. The molecule has 91 heavy (non-hydrogen) atoms. The number of carbonyl (C=O) groups excluding carboxylic acids is 5. The van der Waals surface area contributed by atoms with E-state index in [0.717, 1.165) is 76.5 Å². The highest BCUT2D eigenvalue weighted by atomic mass is 16.7. The molecule has 25 heteroatoms. The highest BCUT2D eigenvalue weighted by Gasteiger charge is 2.45. The fraction of sp³-hybridized carbons (Fsp3) is 0.924. The third kappa shape index (κ3) is 34.9. The second-order valence-corrected chi connectivity index (χ2v) is 26.1. The van der Waals surface area contributed by atoms with Crippen LogP contribution >= 0.6 is 0 Å².